The van der Waals surface area contributed by atoms with Gasteiger partial charge in [-0.2, -0.15) is 13.2 Å². The fourth-order valence-corrected chi connectivity index (χ4v) is 5.18. The van der Waals surface area contributed by atoms with Crippen LogP contribution in [0.3, 0.4) is 0 Å². The predicted molar refractivity (Wildman–Crippen MR) is 115 cm³/mol. The maximum Gasteiger partial charge on any atom is 0.416 e. The van der Waals surface area contributed by atoms with Gasteiger partial charge in [-0.05, 0) is 73.0 Å². The molecular formula is C23H18F4N2O3S. The molecule has 3 aromatic rings. The molecule has 0 bridgehead atoms. The van der Waals surface area contributed by atoms with Gasteiger partial charge in [-0.25, -0.2) is 12.8 Å². The monoisotopic (exact) mass is 478 g/mol. The maximum atomic E-state index is 13.2. The van der Waals surface area contributed by atoms with Gasteiger partial charge in [0, 0.05) is 17.8 Å². The Kier molecular flexibility index (Phi) is 5.87. The molecule has 5 nitrogen and oxygen atoms in total. The van der Waals surface area contributed by atoms with E-state index in [0.29, 0.717) is 18.5 Å². The Morgan fingerprint density at radius 1 is 0.970 bits per heavy atom. The van der Waals surface area contributed by atoms with Crippen LogP contribution >= 0.6 is 0 Å². The second-order valence-corrected chi connectivity index (χ2v) is 9.37. The number of alkyl halides is 3. The van der Waals surface area contributed by atoms with Gasteiger partial charge in [0.2, 0.25) is 0 Å². The number of fused-ring (bicyclic) bond motifs is 1. The van der Waals surface area contributed by atoms with Crippen molar-refractivity contribution in [1.82, 2.24) is 0 Å². The Labute approximate surface area is 187 Å². The highest BCUT2D eigenvalue weighted by Gasteiger charge is 2.31. The van der Waals surface area contributed by atoms with Gasteiger partial charge in [-0.15, -0.1) is 0 Å². The highest BCUT2D eigenvalue weighted by atomic mass is 32.2. The number of nitrogens with zero attached hydrogens (tertiary/aromatic N) is 1. The van der Waals surface area contributed by atoms with Crippen LogP contribution in [0.5, 0.6) is 0 Å². The molecule has 1 heterocycles. The molecule has 0 spiro atoms. The van der Waals surface area contributed by atoms with Crippen molar-refractivity contribution in [2.45, 2.75) is 23.9 Å². The molecule has 0 aromatic heterocycles. The lowest BCUT2D eigenvalue weighted by molar-refractivity contribution is -0.137. The number of carbonyl (C=O) groups excluding carboxylic acids is 1. The molecule has 1 aliphatic heterocycles. The zero-order valence-corrected chi connectivity index (χ0v) is 17.9. The fourth-order valence-electron chi connectivity index (χ4n) is 3.64. The van der Waals surface area contributed by atoms with Crippen LogP contribution in [0.25, 0.3) is 0 Å². The summed E-state index contributed by atoms with van der Waals surface area (Å²) in [5.74, 6) is -1.32. The first-order valence-corrected chi connectivity index (χ1v) is 11.4. The highest BCUT2D eigenvalue weighted by Crippen LogP contribution is 2.34. The normalized spacial score (nSPS) is 14.0. The summed E-state index contributed by atoms with van der Waals surface area (Å²) in [5.41, 5.74) is 0.198. The van der Waals surface area contributed by atoms with Crippen molar-refractivity contribution in [1.29, 1.82) is 0 Å². The third kappa shape index (κ3) is 4.70. The van der Waals surface area contributed by atoms with E-state index in [4.69, 9.17) is 0 Å². The van der Waals surface area contributed by atoms with Crippen LogP contribution in [0.2, 0.25) is 0 Å². The molecule has 0 aliphatic carbocycles. The average molecular weight is 478 g/mol. The predicted octanol–water partition coefficient (Wildman–Crippen LogP) is 5.24. The molecule has 4 rings (SSSR count). The van der Waals surface area contributed by atoms with Crippen LogP contribution in [0.1, 0.15) is 27.9 Å². The summed E-state index contributed by atoms with van der Waals surface area (Å²) >= 11 is 0. The number of aryl methyl sites for hydroxylation is 1. The number of halogens is 4. The highest BCUT2D eigenvalue weighted by molar-refractivity contribution is 7.92. The second kappa shape index (κ2) is 8.51. The fraction of sp³-hybridized carbons (Fsp3) is 0.174. The van der Waals surface area contributed by atoms with Gasteiger partial charge < -0.3 is 5.32 Å². The van der Waals surface area contributed by atoms with Crippen LogP contribution in [-0.2, 0) is 22.6 Å². The van der Waals surface area contributed by atoms with E-state index < -0.39 is 33.5 Å². The minimum atomic E-state index is -4.59. The molecule has 10 heteroatoms. The maximum absolute atomic E-state index is 13.2. The van der Waals surface area contributed by atoms with E-state index in [-0.39, 0.29) is 22.7 Å². The van der Waals surface area contributed by atoms with Crippen LogP contribution in [0, 0.1) is 5.82 Å². The summed E-state index contributed by atoms with van der Waals surface area (Å²) in [6, 6.07) is 13.2. The van der Waals surface area contributed by atoms with Crippen molar-refractivity contribution in [3.63, 3.8) is 0 Å². The number of carbonyl (C=O) groups is 1. The van der Waals surface area contributed by atoms with E-state index in [1.807, 2.05) is 0 Å². The summed E-state index contributed by atoms with van der Waals surface area (Å²) in [4.78, 5) is 12.5. The van der Waals surface area contributed by atoms with Gasteiger partial charge in [0.1, 0.15) is 5.82 Å². The van der Waals surface area contributed by atoms with Crippen molar-refractivity contribution >= 4 is 27.3 Å². The van der Waals surface area contributed by atoms with Crippen LogP contribution < -0.4 is 9.62 Å². The number of rotatable bonds is 4. The first-order valence-electron chi connectivity index (χ1n) is 9.95. The van der Waals surface area contributed by atoms with Gasteiger partial charge in [0.15, 0.2) is 0 Å². The molecule has 1 amide bonds. The Bertz CT molecular complexity index is 1310. The molecule has 3 aromatic carbocycles. The molecule has 1 N–H and O–H groups in total. The number of anilines is 2. The van der Waals surface area contributed by atoms with E-state index in [1.54, 1.807) is 12.1 Å². The number of hydrogen-bond acceptors (Lipinski definition) is 3. The van der Waals surface area contributed by atoms with Crippen LogP contribution in [-0.4, -0.2) is 20.9 Å². The number of sulfonamides is 1. The molecule has 0 unspecified atom stereocenters. The SMILES string of the molecule is O=C(Nc1ccc2c(c1)N(S(=O)(=O)c1ccc(F)cc1)CCC2)c1cccc(C(F)(F)F)c1. The van der Waals surface area contributed by atoms with E-state index in [2.05, 4.69) is 5.32 Å². The summed E-state index contributed by atoms with van der Waals surface area (Å²) < 4.78 is 79.6. The van der Waals surface area contributed by atoms with Gasteiger partial charge in [0.05, 0.1) is 16.1 Å². The lowest BCUT2D eigenvalue weighted by Gasteiger charge is -2.31. The van der Waals surface area contributed by atoms with Gasteiger partial charge >= 0.3 is 6.18 Å². The summed E-state index contributed by atoms with van der Waals surface area (Å²) in [6.45, 7) is 0.192. The van der Waals surface area contributed by atoms with Crippen molar-refractivity contribution in [2.24, 2.45) is 0 Å². The lowest BCUT2D eigenvalue weighted by Crippen LogP contribution is -2.35. The molecule has 0 saturated carbocycles. The van der Waals surface area contributed by atoms with E-state index in [0.717, 1.165) is 35.9 Å². The Morgan fingerprint density at radius 3 is 2.39 bits per heavy atom. The average Bonchev–Trinajstić information content (AvgIpc) is 2.78. The molecule has 33 heavy (non-hydrogen) atoms. The zero-order valence-electron chi connectivity index (χ0n) is 17.1. The molecule has 0 radical (unpaired) electrons. The van der Waals surface area contributed by atoms with E-state index in [9.17, 15) is 30.8 Å². The minimum absolute atomic E-state index is 0.0739. The topological polar surface area (TPSA) is 66.5 Å². The third-order valence-electron chi connectivity index (χ3n) is 5.27. The molecule has 0 fully saturated rings. The minimum Gasteiger partial charge on any atom is -0.322 e. The summed E-state index contributed by atoms with van der Waals surface area (Å²) in [7, 11) is -3.98. The van der Waals surface area contributed by atoms with Gasteiger partial charge in [0.25, 0.3) is 15.9 Å². The quantitative estimate of drug-likeness (QED) is 0.522. The second-order valence-electron chi connectivity index (χ2n) is 7.51. The largest absolute Gasteiger partial charge is 0.416 e. The third-order valence-corrected chi connectivity index (χ3v) is 7.10. The Morgan fingerprint density at radius 2 is 1.70 bits per heavy atom. The molecule has 172 valence electrons. The summed E-state index contributed by atoms with van der Waals surface area (Å²) in [6.07, 6.45) is -3.40. The van der Waals surface area contributed by atoms with Crippen LogP contribution in [0.15, 0.2) is 71.6 Å². The zero-order chi connectivity index (χ0) is 23.8. The van der Waals surface area contributed by atoms with E-state index in [1.165, 1.54) is 28.6 Å². The Balaban J connectivity index is 1.64. The first kappa shape index (κ1) is 22.8. The number of amides is 1. The smallest absolute Gasteiger partial charge is 0.322 e. The number of nitrogens with one attached hydrogen (secondary N) is 1. The number of hydrogen-bond donors (Lipinski definition) is 1. The summed E-state index contributed by atoms with van der Waals surface area (Å²) in [5, 5.41) is 2.53. The van der Waals surface area contributed by atoms with Crippen LogP contribution in [0.4, 0.5) is 28.9 Å². The van der Waals surface area contributed by atoms with Crippen molar-refractivity contribution < 1.29 is 30.8 Å². The van der Waals surface area contributed by atoms with Gasteiger partial charge in [-0.1, -0.05) is 12.1 Å². The van der Waals surface area contributed by atoms with Crippen molar-refractivity contribution in [3.05, 3.63) is 89.2 Å². The molecule has 0 saturated heterocycles. The van der Waals surface area contributed by atoms with E-state index >= 15 is 0 Å². The number of benzene rings is 3. The lowest BCUT2D eigenvalue weighted by atomic mass is 10.0. The first-order chi connectivity index (χ1) is 15.6. The molecule has 1 aliphatic rings. The van der Waals surface area contributed by atoms with Gasteiger partial charge in [-0.3, -0.25) is 9.10 Å². The molecule has 0 atom stereocenters. The Hall–Kier alpha value is -3.40. The van der Waals surface area contributed by atoms with Crippen molar-refractivity contribution in [2.75, 3.05) is 16.2 Å². The standard InChI is InChI=1S/C23H18F4N2O3S/c24-18-7-10-20(11-8-18)33(31,32)29-12-2-4-15-6-9-19(14-21(15)29)28-22(30)16-3-1-5-17(13-16)23(25,26)27/h1,3,5-11,13-14H,2,4,12H2,(H,28,30). The molecular weight excluding hydrogens is 460 g/mol. The van der Waals surface area contributed by atoms with Crippen molar-refractivity contribution in [3.8, 4) is 0 Å².